The molecule has 2 aromatic rings. The Morgan fingerprint density at radius 1 is 1.08 bits per heavy atom. The molecule has 0 amide bonds. The van der Waals surface area contributed by atoms with Gasteiger partial charge in [0, 0.05) is 12.2 Å². The van der Waals surface area contributed by atoms with Crippen molar-refractivity contribution >= 4 is 15.7 Å². The maximum absolute atomic E-state index is 12.8. The van der Waals surface area contributed by atoms with Gasteiger partial charge in [0.05, 0.1) is 22.8 Å². The number of nitrogens with one attached hydrogen (secondary N) is 1. The monoisotopic (exact) mass is 359 g/mol. The van der Waals surface area contributed by atoms with Crippen molar-refractivity contribution in [3.8, 4) is 0 Å². The Morgan fingerprint density at radius 2 is 1.79 bits per heavy atom. The second-order valence-electron chi connectivity index (χ2n) is 4.93. The Morgan fingerprint density at radius 3 is 2.46 bits per heavy atom. The standard InChI is InChI=1S/C16H16F3NO3S/c1-2-23-11-12-6-3-4-9-15(12)20-24(21,22)14-8-5-7-13(10-14)16(17,18)19/h3-10,20H,2,11H2,1H3. The number of anilines is 1. The summed E-state index contributed by atoms with van der Waals surface area (Å²) in [6.07, 6.45) is -4.61. The third-order valence-corrected chi connectivity index (χ3v) is 4.56. The van der Waals surface area contributed by atoms with Crippen molar-refractivity contribution in [1.82, 2.24) is 0 Å². The largest absolute Gasteiger partial charge is 0.416 e. The zero-order chi connectivity index (χ0) is 17.8. The second-order valence-corrected chi connectivity index (χ2v) is 6.61. The zero-order valence-corrected chi connectivity index (χ0v) is 13.6. The van der Waals surface area contributed by atoms with Crippen LogP contribution in [0.2, 0.25) is 0 Å². The van der Waals surface area contributed by atoms with Crippen molar-refractivity contribution in [2.45, 2.75) is 24.6 Å². The zero-order valence-electron chi connectivity index (χ0n) is 12.8. The van der Waals surface area contributed by atoms with E-state index in [9.17, 15) is 21.6 Å². The van der Waals surface area contributed by atoms with Crippen LogP contribution in [0.4, 0.5) is 18.9 Å². The molecule has 24 heavy (non-hydrogen) atoms. The number of hydrogen-bond donors (Lipinski definition) is 1. The molecule has 2 aromatic carbocycles. The Balaban J connectivity index is 2.33. The SMILES string of the molecule is CCOCc1ccccc1NS(=O)(=O)c1cccc(C(F)(F)F)c1. The molecule has 0 unspecified atom stereocenters. The van der Waals surface area contributed by atoms with Crippen molar-refractivity contribution in [2.75, 3.05) is 11.3 Å². The van der Waals surface area contributed by atoms with E-state index in [1.165, 1.54) is 6.07 Å². The first kappa shape index (κ1) is 18.3. The summed E-state index contributed by atoms with van der Waals surface area (Å²) in [7, 11) is -4.15. The summed E-state index contributed by atoms with van der Waals surface area (Å²) in [6, 6.07) is 10.1. The Bertz CT molecular complexity index is 804. The number of rotatable bonds is 6. The summed E-state index contributed by atoms with van der Waals surface area (Å²) in [4.78, 5) is -0.455. The minimum absolute atomic E-state index is 0.192. The highest BCUT2D eigenvalue weighted by Gasteiger charge is 2.31. The van der Waals surface area contributed by atoms with Crippen LogP contribution in [-0.4, -0.2) is 15.0 Å². The molecule has 0 saturated carbocycles. The normalized spacial score (nSPS) is 12.2. The average Bonchev–Trinajstić information content (AvgIpc) is 2.53. The van der Waals surface area contributed by atoms with E-state index in [1.54, 1.807) is 25.1 Å². The summed E-state index contributed by atoms with van der Waals surface area (Å²) in [6.45, 7) is 2.45. The summed E-state index contributed by atoms with van der Waals surface area (Å²) in [5, 5.41) is 0. The molecule has 0 bridgehead atoms. The molecule has 2 rings (SSSR count). The molecular formula is C16H16F3NO3S. The van der Waals surface area contributed by atoms with E-state index in [4.69, 9.17) is 4.74 Å². The highest BCUT2D eigenvalue weighted by Crippen LogP contribution is 2.31. The highest BCUT2D eigenvalue weighted by atomic mass is 32.2. The van der Waals surface area contributed by atoms with E-state index < -0.39 is 26.7 Å². The van der Waals surface area contributed by atoms with Gasteiger partial charge in [0.1, 0.15) is 0 Å². The first-order valence-corrected chi connectivity index (χ1v) is 8.58. The van der Waals surface area contributed by atoms with Crippen molar-refractivity contribution in [2.24, 2.45) is 0 Å². The molecule has 0 fully saturated rings. The van der Waals surface area contributed by atoms with Crippen LogP contribution in [0.15, 0.2) is 53.4 Å². The van der Waals surface area contributed by atoms with E-state index in [1.807, 2.05) is 0 Å². The van der Waals surface area contributed by atoms with Crippen molar-refractivity contribution in [1.29, 1.82) is 0 Å². The number of hydrogen-bond acceptors (Lipinski definition) is 3. The minimum Gasteiger partial charge on any atom is -0.377 e. The Kier molecular flexibility index (Phi) is 5.51. The molecule has 0 aliphatic heterocycles. The van der Waals surface area contributed by atoms with Gasteiger partial charge < -0.3 is 4.74 Å². The number of benzene rings is 2. The fraction of sp³-hybridized carbons (Fsp3) is 0.250. The van der Waals surface area contributed by atoms with Gasteiger partial charge in [0.2, 0.25) is 0 Å². The highest BCUT2D eigenvalue weighted by molar-refractivity contribution is 7.92. The molecule has 130 valence electrons. The van der Waals surface area contributed by atoms with Gasteiger partial charge in [-0.3, -0.25) is 4.72 Å². The lowest BCUT2D eigenvalue weighted by atomic mass is 10.2. The van der Waals surface area contributed by atoms with Crippen molar-refractivity contribution < 1.29 is 26.3 Å². The lowest BCUT2D eigenvalue weighted by Crippen LogP contribution is -2.16. The molecule has 0 aliphatic rings. The fourth-order valence-corrected chi connectivity index (χ4v) is 3.15. The summed E-state index contributed by atoms with van der Waals surface area (Å²) in [5.41, 5.74) is -0.161. The van der Waals surface area contributed by atoms with Gasteiger partial charge in [-0.2, -0.15) is 13.2 Å². The smallest absolute Gasteiger partial charge is 0.377 e. The van der Waals surface area contributed by atoms with Gasteiger partial charge in [-0.15, -0.1) is 0 Å². The molecule has 4 nitrogen and oxygen atoms in total. The Hall–Kier alpha value is -2.06. The van der Waals surface area contributed by atoms with Gasteiger partial charge in [-0.25, -0.2) is 8.42 Å². The summed E-state index contributed by atoms with van der Waals surface area (Å²) >= 11 is 0. The number of alkyl halides is 3. The molecule has 1 N–H and O–H groups in total. The van der Waals surface area contributed by atoms with Crippen LogP contribution in [0.5, 0.6) is 0 Å². The van der Waals surface area contributed by atoms with E-state index in [-0.39, 0.29) is 12.3 Å². The maximum Gasteiger partial charge on any atom is 0.416 e. The molecule has 0 aliphatic carbocycles. The molecule has 0 saturated heterocycles. The molecule has 0 spiro atoms. The van der Waals surface area contributed by atoms with Crippen molar-refractivity contribution in [3.05, 3.63) is 59.7 Å². The van der Waals surface area contributed by atoms with E-state index >= 15 is 0 Å². The molecule has 0 radical (unpaired) electrons. The molecule has 8 heteroatoms. The number of ether oxygens (including phenoxy) is 1. The number of para-hydroxylation sites is 1. The van der Waals surface area contributed by atoms with Crippen LogP contribution in [0, 0.1) is 0 Å². The van der Waals surface area contributed by atoms with E-state index in [0.29, 0.717) is 18.2 Å². The lowest BCUT2D eigenvalue weighted by Gasteiger charge is -2.14. The van der Waals surface area contributed by atoms with Crippen LogP contribution >= 0.6 is 0 Å². The Labute approximate surface area is 138 Å². The van der Waals surface area contributed by atoms with Crippen LogP contribution < -0.4 is 4.72 Å². The lowest BCUT2D eigenvalue weighted by molar-refractivity contribution is -0.137. The topological polar surface area (TPSA) is 55.4 Å². The van der Waals surface area contributed by atoms with Crippen molar-refractivity contribution in [3.63, 3.8) is 0 Å². The molecule has 0 aromatic heterocycles. The van der Waals surface area contributed by atoms with Crippen LogP contribution in [0.1, 0.15) is 18.1 Å². The number of sulfonamides is 1. The van der Waals surface area contributed by atoms with Gasteiger partial charge >= 0.3 is 6.18 Å². The first-order chi connectivity index (χ1) is 11.2. The van der Waals surface area contributed by atoms with E-state index in [2.05, 4.69) is 4.72 Å². The molecule has 0 heterocycles. The minimum atomic E-state index is -4.61. The van der Waals surface area contributed by atoms with E-state index in [0.717, 1.165) is 18.2 Å². The number of halogens is 3. The summed E-state index contributed by atoms with van der Waals surface area (Å²) in [5.74, 6) is 0. The maximum atomic E-state index is 12.8. The van der Waals surface area contributed by atoms with Gasteiger partial charge in [0.25, 0.3) is 10.0 Å². The van der Waals surface area contributed by atoms with Crippen LogP contribution in [0.3, 0.4) is 0 Å². The third-order valence-electron chi connectivity index (χ3n) is 3.20. The predicted octanol–water partition coefficient (Wildman–Crippen LogP) is 4.04. The van der Waals surface area contributed by atoms with Gasteiger partial charge in [0.15, 0.2) is 0 Å². The van der Waals surface area contributed by atoms with Gasteiger partial charge in [-0.1, -0.05) is 24.3 Å². The third kappa shape index (κ3) is 4.48. The van der Waals surface area contributed by atoms with Crippen LogP contribution in [-0.2, 0) is 27.5 Å². The predicted molar refractivity (Wildman–Crippen MR) is 84.0 cm³/mol. The van der Waals surface area contributed by atoms with Crippen LogP contribution in [0.25, 0.3) is 0 Å². The molecule has 0 atom stereocenters. The van der Waals surface area contributed by atoms with Gasteiger partial charge in [-0.05, 0) is 31.2 Å². The quantitative estimate of drug-likeness (QED) is 0.847. The first-order valence-electron chi connectivity index (χ1n) is 7.10. The fourth-order valence-electron chi connectivity index (χ4n) is 2.00. The molecular weight excluding hydrogens is 343 g/mol. The summed E-state index contributed by atoms with van der Waals surface area (Å²) < 4.78 is 70.6. The second kappa shape index (κ2) is 7.23. The average molecular weight is 359 g/mol.